The smallest absolute Gasteiger partial charge is 0.204 e. The summed E-state index contributed by atoms with van der Waals surface area (Å²) in [6, 6.07) is 3.28. The summed E-state index contributed by atoms with van der Waals surface area (Å²) < 4.78 is 10.5. The third-order valence-electron chi connectivity index (χ3n) is 3.84. The number of methoxy groups -OCH3 is 2. The minimum atomic E-state index is -0.233. The van der Waals surface area contributed by atoms with Gasteiger partial charge in [-0.25, -0.2) is 0 Å². The van der Waals surface area contributed by atoms with Crippen LogP contribution >= 0.6 is 11.8 Å². The standard InChI is InChI=1S/C18H22O5S/c1-22-13-7-8-14(23-2)17-16(13)12(20)11-15(18(17)21)24-10-6-4-3-5-9-19/h7-8,11,19H,3-6,9-10H2,1-2H3. The summed E-state index contributed by atoms with van der Waals surface area (Å²) in [5.74, 6) is 1.10. The summed E-state index contributed by atoms with van der Waals surface area (Å²) in [4.78, 5) is 25.7. The molecule has 0 fully saturated rings. The average Bonchev–Trinajstić information content (AvgIpc) is 2.60. The zero-order valence-corrected chi connectivity index (χ0v) is 14.8. The van der Waals surface area contributed by atoms with E-state index >= 15 is 0 Å². The normalized spacial score (nSPS) is 13.5. The number of ether oxygens (including phenoxy) is 2. The number of benzene rings is 1. The number of carbonyl (C=O) groups is 2. The van der Waals surface area contributed by atoms with Gasteiger partial charge in [-0.05, 0) is 30.7 Å². The number of hydrogen-bond donors (Lipinski definition) is 1. The Bertz CT molecular complexity index is 651. The van der Waals surface area contributed by atoms with Crippen molar-refractivity contribution in [1.29, 1.82) is 0 Å². The molecule has 0 saturated heterocycles. The highest BCUT2D eigenvalue weighted by atomic mass is 32.2. The van der Waals surface area contributed by atoms with E-state index in [4.69, 9.17) is 14.6 Å². The van der Waals surface area contributed by atoms with Crippen LogP contribution in [0.25, 0.3) is 0 Å². The number of ketones is 2. The molecule has 0 spiro atoms. The molecule has 1 aromatic carbocycles. The number of hydrogen-bond acceptors (Lipinski definition) is 6. The molecule has 0 heterocycles. The van der Waals surface area contributed by atoms with E-state index < -0.39 is 0 Å². The van der Waals surface area contributed by atoms with E-state index in [0.717, 1.165) is 31.4 Å². The Morgan fingerprint density at radius 2 is 1.58 bits per heavy atom. The highest BCUT2D eigenvalue weighted by molar-refractivity contribution is 8.04. The number of aliphatic hydroxyl groups excluding tert-OH is 1. The molecule has 0 aliphatic heterocycles. The van der Waals surface area contributed by atoms with Gasteiger partial charge in [-0.1, -0.05) is 12.8 Å². The SMILES string of the molecule is COc1ccc(OC)c2c1C(=O)C=C(SCCCCCCO)C2=O. The largest absolute Gasteiger partial charge is 0.496 e. The number of allylic oxidation sites excluding steroid dienone is 2. The van der Waals surface area contributed by atoms with Crippen LogP contribution in [0, 0.1) is 0 Å². The second kappa shape index (κ2) is 8.89. The molecule has 6 heteroatoms. The van der Waals surface area contributed by atoms with Crippen molar-refractivity contribution in [3.8, 4) is 11.5 Å². The van der Waals surface area contributed by atoms with Crippen molar-refractivity contribution in [2.24, 2.45) is 0 Å². The first-order valence-electron chi connectivity index (χ1n) is 7.93. The number of thioether (sulfide) groups is 1. The van der Waals surface area contributed by atoms with Gasteiger partial charge >= 0.3 is 0 Å². The summed E-state index contributed by atoms with van der Waals surface area (Å²) in [6.45, 7) is 0.212. The third kappa shape index (κ3) is 3.99. The average molecular weight is 350 g/mol. The van der Waals surface area contributed by atoms with Gasteiger partial charge in [-0.15, -0.1) is 11.8 Å². The van der Waals surface area contributed by atoms with Gasteiger partial charge in [0.15, 0.2) is 5.78 Å². The lowest BCUT2D eigenvalue weighted by atomic mass is 9.93. The van der Waals surface area contributed by atoms with Crippen molar-refractivity contribution in [2.45, 2.75) is 25.7 Å². The van der Waals surface area contributed by atoms with E-state index in [1.807, 2.05) is 0 Å². The van der Waals surface area contributed by atoms with Crippen molar-refractivity contribution in [2.75, 3.05) is 26.6 Å². The number of fused-ring (bicyclic) bond motifs is 1. The Balaban J connectivity index is 2.14. The zero-order valence-electron chi connectivity index (χ0n) is 14.0. The molecule has 0 unspecified atom stereocenters. The first-order valence-corrected chi connectivity index (χ1v) is 8.92. The molecule has 1 aliphatic carbocycles. The number of unbranched alkanes of at least 4 members (excludes halogenated alkanes) is 3. The molecule has 0 saturated carbocycles. The first kappa shape index (κ1) is 18.5. The Kier molecular flexibility index (Phi) is 6.87. The topological polar surface area (TPSA) is 72.8 Å². The van der Waals surface area contributed by atoms with Gasteiger partial charge in [0.25, 0.3) is 0 Å². The van der Waals surface area contributed by atoms with E-state index in [9.17, 15) is 9.59 Å². The predicted molar refractivity (Wildman–Crippen MR) is 94.3 cm³/mol. The molecule has 5 nitrogen and oxygen atoms in total. The molecule has 1 aromatic rings. The molecule has 0 atom stereocenters. The number of Topliss-reactive ketones (excluding diaryl/α,β-unsaturated/α-hetero) is 1. The Morgan fingerprint density at radius 3 is 2.21 bits per heavy atom. The molecular formula is C18H22O5S. The van der Waals surface area contributed by atoms with Crippen molar-refractivity contribution in [3.63, 3.8) is 0 Å². The highest BCUT2D eigenvalue weighted by Crippen LogP contribution is 2.38. The van der Waals surface area contributed by atoms with Crippen LogP contribution in [0.1, 0.15) is 46.4 Å². The van der Waals surface area contributed by atoms with Crippen LogP contribution in [-0.2, 0) is 0 Å². The molecule has 24 heavy (non-hydrogen) atoms. The van der Waals surface area contributed by atoms with Gasteiger partial charge in [0.2, 0.25) is 5.78 Å². The van der Waals surface area contributed by atoms with Crippen LogP contribution in [0.4, 0.5) is 0 Å². The fraction of sp³-hybridized carbons (Fsp3) is 0.444. The summed E-state index contributed by atoms with van der Waals surface area (Å²) in [5, 5.41) is 8.76. The quantitative estimate of drug-likeness (QED) is 0.689. The minimum Gasteiger partial charge on any atom is -0.496 e. The van der Waals surface area contributed by atoms with E-state index in [1.54, 1.807) is 12.1 Å². The maximum Gasteiger partial charge on any atom is 0.204 e. The fourth-order valence-corrected chi connectivity index (χ4v) is 3.60. The van der Waals surface area contributed by atoms with Crippen molar-refractivity contribution < 1.29 is 24.2 Å². The van der Waals surface area contributed by atoms with Crippen LogP contribution in [0.2, 0.25) is 0 Å². The maximum absolute atomic E-state index is 12.8. The molecule has 0 radical (unpaired) electrons. The molecule has 1 N–H and O–H groups in total. The van der Waals surface area contributed by atoms with E-state index in [1.165, 1.54) is 32.1 Å². The Hall–Kier alpha value is -1.79. The van der Waals surface area contributed by atoms with Crippen LogP contribution in [0.5, 0.6) is 11.5 Å². The van der Waals surface area contributed by atoms with Crippen molar-refractivity contribution in [1.82, 2.24) is 0 Å². The van der Waals surface area contributed by atoms with E-state index in [-0.39, 0.29) is 29.3 Å². The van der Waals surface area contributed by atoms with Gasteiger partial charge in [0.1, 0.15) is 11.5 Å². The predicted octanol–water partition coefficient (Wildman–Crippen LogP) is 3.25. The maximum atomic E-state index is 12.8. The van der Waals surface area contributed by atoms with Gasteiger partial charge in [-0.2, -0.15) is 0 Å². The van der Waals surface area contributed by atoms with Crippen LogP contribution in [-0.4, -0.2) is 43.3 Å². The molecule has 1 aliphatic rings. The lowest BCUT2D eigenvalue weighted by Crippen LogP contribution is -2.18. The highest BCUT2D eigenvalue weighted by Gasteiger charge is 2.32. The Labute approximate surface area is 146 Å². The molecule has 2 rings (SSSR count). The van der Waals surface area contributed by atoms with Crippen LogP contribution in [0.15, 0.2) is 23.1 Å². The lowest BCUT2D eigenvalue weighted by molar-refractivity contribution is 0.0986. The van der Waals surface area contributed by atoms with Gasteiger partial charge < -0.3 is 14.6 Å². The van der Waals surface area contributed by atoms with E-state index in [0.29, 0.717) is 16.4 Å². The lowest BCUT2D eigenvalue weighted by Gasteiger charge is -2.19. The molecule has 130 valence electrons. The van der Waals surface area contributed by atoms with E-state index in [2.05, 4.69) is 0 Å². The van der Waals surface area contributed by atoms with Crippen molar-refractivity contribution in [3.05, 3.63) is 34.2 Å². The summed E-state index contributed by atoms with van der Waals surface area (Å²) in [7, 11) is 2.95. The van der Waals surface area contributed by atoms with Gasteiger partial charge in [0.05, 0.1) is 30.3 Å². The molecule has 0 aromatic heterocycles. The number of aliphatic hydroxyl groups is 1. The van der Waals surface area contributed by atoms with Crippen molar-refractivity contribution >= 4 is 23.3 Å². The van der Waals surface area contributed by atoms with Gasteiger partial charge in [0, 0.05) is 12.7 Å². The first-order chi connectivity index (χ1) is 11.6. The molecule has 0 amide bonds. The Morgan fingerprint density at radius 1 is 0.958 bits per heavy atom. The fourth-order valence-electron chi connectivity index (χ4n) is 2.61. The summed E-state index contributed by atoms with van der Waals surface area (Å²) in [5.41, 5.74) is 0.557. The van der Waals surface area contributed by atoms with Crippen LogP contribution in [0.3, 0.4) is 0 Å². The second-order valence-corrected chi connectivity index (χ2v) is 6.55. The molecular weight excluding hydrogens is 328 g/mol. The minimum absolute atomic E-state index is 0.194. The van der Waals surface area contributed by atoms with Gasteiger partial charge in [-0.3, -0.25) is 9.59 Å². The molecule has 0 bridgehead atoms. The zero-order chi connectivity index (χ0) is 17.5. The summed E-state index contributed by atoms with van der Waals surface area (Å²) in [6.07, 6.45) is 5.10. The number of rotatable bonds is 9. The monoisotopic (exact) mass is 350 g/mol. The summed E-state index contributed by atoms with van der Waals surface area (Å²) >= 11 is 1.40. The number of carbonyl (C=O) groups excluding carboxylic acids is 2. The third-order valence-corrected chi connectivity index (χ3v) is 4.95. The second-order valence-electron chi connectivity index (χ2n) is 5.41. The van der Waals surface area contributed by atoms with Crippen LogP contribution < -0.4 is 9.47 Å².